The lowest BCUT2D eigenvalue weighted by Crippen LogP contribution is -1.91. The van der Waals surface area contributed by atoms with E-state index in [1.54, 1.807) is 6.07 Å². The van der Waals surface area contributed by atoms with E-state index in [1.165, 1.54) is 23.6 Å². The molecule has 0 saturated heterocycles. The van der Waals surface area contributed by atoms with Crippen LogP contribution in [0.1, 0.15) is 5.56 Å². The highest BCUT2D eigenvalue weighted by molar-refractivity contribution is 7.14. The maximum Gasteiger partial charge on any atom is 0.203 e. The predicted molar refractivity (Wildman–Crippen MR) is 96.9 cm³/mol. The van der Waals surface area contributed by atoms with E-state index in [4.69, 9.17) is 23.2 Å². The highest BCUT2D eigenvalue weighted by atomic mass is 35.5. The van der Waals surface area contributed by atoms with Gasteiger partial charge in [0.2, 0.25) is 5.13 Å². The number of phenolic OH excluding ortho intramolecular Hbond substituents is 1. The van der Waals surface area contributed by atoms with Gasteiger partial charge in [-0.15, -0.1) is 11.3 Å². The van der Waals surface area contributed by atoms with E-state index in [0.717, 1.165) is 11.3 Å². The standard InChI is InChI=1S/C16H11Cl2N3OS/c17-12-6-11(15(22)13(18)7-12)8-19-21-16-20-14(9-23-16)10-4-2-1-3-5-10/h1-9,22H,(H,20,21)/b19-8+. The summed E-state index contributed by atoms with van der Waals surface area (Å²) in [6.45, 7) is 0. The van der Waals surface area contributed by atoms with Gasteiger partial charge in [0.05, 0.1) is 16.9 Å². The van der Waals surface area contributed by atoms with Gasteiger partial charge >= 0.3 is 0 Å². The quantitative estimate of drug-likeness (QED) is 0.490. The fourth-order valence-corrected chi connectivity index (χ4v) is 3.09. The molecule has 1 aromatic heterocycles. The summed E-state index contributed by atoms with van der Waals surface area (Å²) in [5.41, 5.74) is 5.17. The molecule has 0 unspecified atom stereocenters. The first-order chi connectivity index (χ1) is 11.1. The van der Waals surface area contributed by atoms with Crippen molar-refractivity contribution < 1.29 is 5.11 Å². The van der Waals surface area contributed by atoms with Gasteiger partial charge < -0.3 is 5.11 Å². The van der Waals surface area contributed by atoms with Crippen LogP contribution in [-0.4, -0.2) is 16.3 Å². The molecule has 4 nitrogen and oxygen atoms in total. The predicted octanol–water partition coefficient (Wildman–Crippen LogP) is 5.27. The van der Waals surface area contributed by atoms with Gasteiger partial charge in [-0.25, -0.2) is 4.98 Å². The van der Waals surface area contributed by atoms with Crippen LogP contribution in [-0.2, 0) is 0 Å². The minimum absolute atomic E-state index is 0.0641. The second-order valence-electron chi connectivity index (χ2n) is 4.60. The van der Waals surface area contributed by atoms with Crippen molar-refractivity contribution in [1.82, 2.24) is 4.98 Å². The topological polar surface area (TPSA) is 57.5 Å². The number of hydrazone groups is 1. The summed E-state index contributed by atoms with van der Waals surface area (Å²) in [6, 6.07) is 12.9. The summed E-state index contributed by atoms with van der Waals surface area (Å²) < 4.78 is 0. The third kappa shape index (κ3) is 3.82. The Morgan fingerprint density at radius 3 is 2.74 bits per heavy atom. The van der Waals surface area contributed by atoms with E-state index >= 15 is 0 Å². The second-order valence-corrected chi connectivity index (χ2v) is 6.30. The molecule has 0 bridgehead atoms. The molecule has 0 aliphatic heterocycles. The maximum atomic E-state index is 9.85. The number of thiazole rings is 1. The summed E-state index contributed by atoms with van der Waals surface area (Å²) >= 11 is 13.2. The third-order valence-corrected chi connectivity index (χ3v) is 4.25. The molecule has 0 radical (unpaired) electrons. The molecule has 0 spiro atoms. The highest BCUT2D eigenvalue weighted by Gasteiger charge is 2.06. The minimum atomic E-state index is -0.0641. The van der Waals surface area contributed by atoms with Crippen molar-refractivity contribution in [3.05, 3.63) is 63.5 Å². The molecule has 3 rings (SSSR count). The van der Waals surface area contributed by atoms with E-state index < -0.39 is 0 Å². The lowest BCUT2D eigenvalue weighted by molar-refractivity contribution is 0.475. The Kier molecular flexibility index (Phi) is 4.81. The zero-order valence-electron chi connectivity index (χ0n) is 11.7. The number of aromatic nitrogens is 1. The van der Waals surface area contributed by atoms with Crippen LogP contribution in [0.4, 0.5) is 5.13 Å². The number of nitrogens with one attached hydrogen (secondary N) is 1. The minimum Gasteiger partial charge on any atom is -0.506 e. The van der Waals surface area contributed by atoms with Crippen LogP contribution < -0.4 is 5.43 Å². The number of benzene rings is 2. The summed E-state index contributed by atoms with van der Waals surface area (Å²) in [4.78, 5) is 4.45. The number of phenols is 1. The average Bonchev–Trinajstić information content (AvgIpc) is 3.02. The van der Waals surface area contributed by atoms with Crippen molar-refractivity contribution in [1.29, 1.82) is 0 Å². The summed E-state index contributed by atoms with van der Waals surface area (Å²) in [7, 11) is 0. The molecule has 23 heavy (non-hydrogen) atoms. The van der Waals surface area contributed by atoms with Gasteiger partial charge in [-0.2, -0.15) is 5.10 Å². The number of hydrogen-bond donors (Lipinski definition) is 2. The molecule has 0 aliphatic rings. The number of nitrogens with zero attached hydrogens (tertiary/aromatic N) is 2. The van der Waals surface area contributed by atoms with Gasteiger partial charge in [-0.3, -0.25) is 5.43 Å². The van der Waals surface area contributed by atoms with Crippen LogP contribution in [0.25, 0.3) is 11.3 Å². The highest BCUT2D eigenvalue weighted by Crippen LogP contribution is 2.30. The van der Waals surface area contributed by atoms with Crippen molar-refractivity contribution in [2.45, 2.75) is 0 Å². The normalized spacial score (nSPS) is 11.0. The van der Waals surface area contributed by atoms with Crippen LogP contribution in [0.15, 0.2) is 52.9 Å². The van der Waals surface area contributed by atoms with Crippen LogP contribution in [0, 0.1) is 0 Å². The fraction of sp³-hybridized carbons (Fsp3) is 0. The average molecular weight is 364 g/mol. The van der Waals surface area contributed by atoms with Crippen molar-refractivity contribution in [3.8, 4) is 17.0 Å². The Labute approximate surface area is 147 Å². The smallest absolute Gasteiger partial charge is 0.203 e. The van der Waals surface area contributed by atoms with Gasteiger partial charge in [0, 0.05) is 21.5 Å². The lowest BCUT2D eigenvalue weighted by Gasteiger charge is -2.02. The molecule has 7 heteroatoms. The van der Waals surface area contributed by atoms with Crippen LogP contribution in [0.2, 0.25) is 10.0 Å². The van der Waals surface area contributed by atoms with Gasteiger partial charge in [0.25, 0.3) is 0 Å². The zero-order chi connectivity index (χ0) is 16.2. The summed E-state index contributed by atoms with van der Waals surface area (Å²) in [5.74, 6) is -0.0641. The Balaban J connectivity index is 1.73. The molecule has 0 aliphatic carbocycles. The third-order valence-electron chi connectivity index (χ3n) is 3.00. The number of hydrogen-bond acceptors (Lipinski definition) is 5. The molecule has 3 aromatic rings. The van der Waals surface area contributed by atoms with Crippen molar-refractivity contribution in [3.63, 3.8) is 0 Å². The molecule has 0 fully saturated rings. The molecule has 2 N–H and O–H groups in total. The van der Waals surface area contributed by atoms with Crippen LogP contribution in [0.5, 0.6) is 5.75 Å². The van der Waals surface area contributed by atoms with E-state index in [0.29, 0.717) is 15.7 Å². The molecular weight excluding hydrogens is 353 g/mol. The Bertz CT molecular complexity index is 850. The largest absolute Gasteiger partial charge is 0.506 e. The van der Waals surface area contributed by atoms with Gasteiger partial charge in [0.15, 0.2) is 0 Å². The zero-order valence-corrected chi connectivity index (χ0v) is 14.0. The number of rotatable bonds is 4. The SMILES string of the molecule is Oc1c(Cl)cc(Cl)cc1/C=N/Nc1nc(-c2ccccc2)cs1. The van der Waals surface area contributed by atoms with Crippen molar-refractivity contribution in [2.24, 2.45) is 5.10 Å². The summed E-state index contributed by atoms with van der Waals surface area (Å²) in [6.07, 6.45) is 1.44. The Morgan fingerprint density at radius 1 is 1.17 bits per heavy atom. The van der Waals surface area contributed by atoms with Crippen LogP contribution >= 0.6 is 34.5 Å². The maximum absolute atomic E-state index is 9.85. The molecule has 2 aromatic carbocycles. The molecular formula is C16H11Cl2N3OS. The Morgan fingerprint density at radius 2 is 1.96 bits per heavy atom. The number of anilines is 1. The second kappa shape index (κ2) is 7.00. The van der Waals surface area contributed by atoms with E-state index in [-0.39, 0.29) is 10.8 Å². The molecule has 1 heterocycles. The van der Waals surface area contributed by atoms with E-state index in [2.05, 4.69) is 15.5 Å². The summed E-state index contributed by atoms with van der Waals surface area (Å²) in [5, 5.41) is 17.1. The van der Waals surface area contributed by atoms with E-state index in [1.807, 2.05) is 35.7 Å². The first kappa shape index (κ1) is 15.8. The lowest BCUT2D eigenvalue weighted by atomic mass is 10.2. The van der Waals surface area contributed by atoms with Crippen molar-refractivity contribution in [2.75, 3.05) is 5.43 Å². The Hall–Kier alpha value is -2.08. The first-order valence-electron chi connectivity index (χ1n) is 6.61. The monoisotopic (exact) mass is 363 g/mol. The fourth-order valence-electron chi connectivity index (χ4n) is 1.91. The number of aromatic hydroxyl groups is 1. The van der Waals surface area contributed by atoms with Crippen LogP contribution in [0.3, 0.4) is 0 Å². The first-order valence-corrected chi connectivity index (χ1v) is 8.25. The van der Waals surface area contributed by atoms with E-state index in [9.17, 15) is 5.11 Å². The van der Waals surface area contributed by atoms with Crippen molar-refractivity contribution >= 4 is 45.9 Å². The van der Waals surface area contributed by atoms with Gasteiger partial charge in [0.1, 0.15) is 5.75 Å². The molecule has 116 valence electrons. The number of halogens is 2. The molecule has 0 amide bonds. The molecule has 0 atom stereocenters. The molecule has 0 saturated carbocycles. The van der Waals surface area contributed by atoms with Gasteiger partial charge in [-0.1, -0.05) is 53.5 Å². The van der Waals surface area contributed by atoms with Gasteiger partial charge in [-0.05, 0) is 12.1 Å².